The highest BCUT2D eigenvalue weighted by Gasteiger charge is 2.34. The summed E-state index contributed by atoms with van der Waals surface area (Å²) in [6.07, 6.45) is 0.442. The van der Waals surface area contributed by atoms with E-state index in [9.17, 15) is 33.4 Å². The standard InChI is InChI=1S/C30H29ClF2N4O7/c1-3-24(16-4-6-23(29(40)41)25(38)10-16)35-30(42)37-15-27(36-44-22-12-20(32)11-21(33)13-22)34-14-18(28(37)39)8-17-9-19(31)5-7-26(17)43-2/h4-7,9-13,18,24,38H,3,8,14-15H2,1-2H3,(H,34,36)(H,35,42)(H,40,41)/t18-,24-/m1/s1. The molecule has 4 rings (SSSR count). The molecule has 4 N–H and O–H groups in total. The molecule has 2 atom stereocenters. The van der Waals surface area contributed by atoms with E-state index in [2.05, 4.69) is 15.8 Å². The van der Waals surface area contributed by atoms with Gasteiger partial charge in [0.05, 0.1) is 32.2 Å². The molecule has 3 amide bonds. The molecule has 0 aromatic heterocycles. The summed E-state index contributed by atoms with van der Waals surface area (Å²) in [5, 5.41) is 22.6. The maximum atomic E-state index is 13.8. The summed E-state index contributed by atoms with van der Waals surface area (Å²) in [7, 11) is 1.47. The van der Waals surface area contributed by atoms with Gasteiger partial charge in [-0.15, -0.1) is 0 Å². The van der Waals surface area contributed by atoms with Crippen molar-refractivity contribution in [2.45, 2.75) is 25.8 Å². The molecule has 232 valence electrons. The SMILES string of the molecule is CC[C@@H](NC(=O)N1CC(NOc2cc(F)cc(F)c2)=NC[C@@H](Cc2cc(Cl)ccc2OC)C1=O)c1ccc(C(=O)O)c(O)c1. The van der Waals surface area contributed by atoms with E-state index in [-0.39, 0.29) is 36.7 Å². The minimum absolute atomic E-state index is 0.0234. The molecule has 3 aromatic carbocycles. The van der Waals surface area contributed by atoms with E-state index >= 15 is 0 Å². The fourth-order valence-corrected chi connectivity index (χ4v) is 4.85. The van der Waals surface area contributed by atoms with Gasteiger partial charge in [-0.05, 0) is 54.3 Å². The third-order valence-electron chi connectivity index (χ3n) is 6.86. The fourth-order valence-electron chi connectivity index (χ4n) is 4.66. The summed E-state index contributed by atoms with van der Waals surface area (Å²) in [5.74, 6) is -4.66. The number of urea groups is 1. The number of amidine groups is 1. The summed E-state index contributed by atoms with van der Waals surface area (Å²) in [6.45, 7) is 1.29. The summed E-state index contributed by atoms with van der Waals surface area (Å²) < 4.78 is 32.7. The summed E-state index contributed by atoms with van der Waals surface area (Å²) in [4.78, 5) is 49.4. The van der Waals surface area contributed by atoms with Crippen molar-refractivity contribution in [3.63, 3.8) is 0 Å². The highest BCUT2D eigenvalue weighted by atomic mass is 35.5. The Morgan fingerprint density at radius 3 is 2.50 bits per heavy atom. The number of hydrogen-bond acceptors (Lipinski definition) is 8. The van der Waals surface area contributed by atoms with E-state index in [4.69, 9.17) is 21.2 Å². The van der Waals surface area contributed by atoms with Crippen molar-refractivity contribution in [1.82, 2.24) is 15.7 Å². The molecule has 0 aliphatic carbocycles. The van der Waals surface area contributed by atoms with Crippen LogP contribution < -0.4 is 20.4 Å². The van der Waals surface area contributed by atoms with Crippen molar-refractivity contribution in [2.24, 2.45) is 10.9 Å². The number of amides is 3. The van der Waals surface area contributed by atoms with Crippen molar-refractivity contribution < 1.29 is 43.0 Å². The Kier molecular flexibility index (Phi) is 10.2. The van der Waals surface area contributed by atoms with Crippen LogP contribution in [0.5, 0.6) is 17.2 Å². The molecular formula is C30H29ClF2N4O7. The Morgan fingerprint density at radius 2 is 1.86 bits per heavy atom. The van der Waals surface area contributed by atoms with Crippen molar-refractivity contribution >= 4 is 35.3 Å². The van der Waals surface area contributed by atoms with Gasteiger partial charge >= 0.3 is 12.0 Å². The first-order chi connectivity index (χ1) is 21.0. The molecule has 1 aliphatic rings. The molecule has 0 saturated heterocycles. The first-order valence-electron chi connectivity index (χ1n) is 13.4. The molecule has 0 spiro atoms. The third-order valence-corrected chi connectivity index (χ3v) is 7.10. The van der Waals surface area contributed by atoms with Crippen LogP contribution in [0, 0.1) is 17.6 Å². The molecule has 0 unspecified atom stereocenters. The number of carbonyl (C=O) groups excluding carboxylic acids is 2. The second-order valence-corrected chi connectivity index (χ2v) is 10.3. The number of benzene rings is 3. The number of nitrogens with zero attached hydrogens (tertiary/aromatic N) is 2. The zero-order chi connectivity index (χ0) is 32.0. The number of nitrogens with one attached hydrogen (secondary N) is 2. The van der Waals surface area contributed by atoms with Crippen LogP contribution >= 0.6 is 11.6 Å². The number of rotatable bonds is 9. The number of carboxylic acid groups (broad SMARTS) is 1. The average molecular weight is 631 g/mol. The molecule has 1 aliphatic heterocycles. The van der Waals surface area contributed by atoms with E-state index in [1.54, 1.807) is 25.1 Å². The van der Waals surface area contributed by atoms with E-state index in [0.29, 0.717) is 34.4 Å². The van der Waals surface area contributed by atoms with Crippen molar-refractivity contribution in [2.75, 3.05) is 20.2 Å². The van der Waals surface area contributed by atoms with Gasteiger partial charge in [-0.2, -0.15) is 0 Å². The minimum Gasteiger partial charge on any atom is -0.507 e. The first-order valence-corrected chi connectivity index (χ1v) is 13.8. The maximum Gasteiger partial charge on any atom is 0.339 e. The number of ether oxygens (including phenoxy) is 1. The van der Waals surface area contributed by atoms with E-state index in [0.717, 1.165) is 17.0 Å². The minimum atomic E-state index is -1.31. The fraction of sp³-hybridized carbons (Fsp3) is 0.267. The first kappa shape index (κ1) is 32.0. The van der Waals surface area contributed by atoms with E-state index in [1.807, 2.05) is 0 Å². The molecule has 14 heteroatoms. The number of hydrogen-bond donors (Lipinski definition) is 4. The Bertz CT molecular complexity index is 1580. The second kappa shape index (κ2) is 14.0. The number of carboxylic acids is 1. The van der Waals surface area contributed by atoms with E-state index in [1.165, 1.54) is 25.3 Å². The van der Waals surface area contributed by atoms with Crippen LogP contribution in [0.3, 0.4) is 0 Å². The zero-order valence-corrected chi connectivity index (χ0v) is 24.4. The Balaban J connectivity index is 1.61. The number of methoxy groups -OCH3 is 1. The van der Waals surface area contributed by atoms with Gasteiger partial charge in [0.1, 0.15) is 28.7 Å². The van der Waals surface area contributed by atoms with Gasteiger partial charge in [0.25, 0.3) is 0 Å². The molecular weight excluding hydrogens is 602 g/mol. The van der Waals surface area contributed by atoms with Gasteiger partial charge < -0.3 is 25.1 Å². The lowest BCUT2D eigenvalue weighted by Crippen LogP contribution is -2.50. The number of hydroxylamine groups is 1. The Morgan fingerprint density at radius 1 is 1.14 bits per heavy atom. The number of aromatic carboxylic acids is 1. The van der Waals surface area contributed by atoms with Crippen LogP contribution in [0.15, 0.2) is 59.6 Å². The molecule has 0 fully saturated rings. The zero-order valence-electron chi connectivity index (χ0n) is 23.6. The Hall–Kier alpha value is -4.91. The van der Waals surface area contributed by atoms with Crippen LogP contribution in [0.25, 0.3) is 0 Å². The van der Waals surface area contributed by atoms with Crippen LogP contribution in [0.2, 0.25) is 5.02 Å². The lowest BCUT2D eigenvalue weighted by atomic mass is 9.97. The van der Waals surface area contributed by atoms with Crippen LogP contribution in [0.1, 0.15) is 40.9 Å². The smallest absolute Gasteiger partial charge is 0.339 e. The van der Waals surface area contributed by atoms with Gasteiger partial charge in [0.15, 0.2) is 11.6 Å². The van der Waals surface area contributed by atoms with Gasteiger partial charge in [0, 0.05) is 23.2 Å². The normalized spacial score (nSPS) is 15.6. The highest BCUT2D eigenvalue weighted by Crippen LogP contribution is 2.28. The lowest BCUT2D eigenvalue weighted by Gasteiger charge is -2.26. The predicted octanol–water partition coefficient (Wildman–Crippen LogP) is 4.87. The topological polar surface area (TPSA) is 150 Å². The number of phenols is 1. The molecule has 0 radical (unpaired) electrons. The van der Waals surface area contributed by atoms with Crippen LogP contribution in [-0.2, 0) is 11.2 Å². The number of halogens is 3. The van der Waals surface area contributed by atoms with Crippen molar-refractivity contribution in [1.29, 1.82) is 0 Å². The molecule has 44 heavy (non-hydrogen) atoms. The maximum absolute atomic E-state index is 13.8. The highest BCUT2D eigenvalue weighted by molar-refractivity contribution is 6.30. The van der Waals surface area contributed by atoms with Gasteiger partial charge in [-0.25, -0.2) is 23.9 Å². The number of imide groups is 1. The quantitative estimate of drug-likeness (QED) is 0.245. The van der Waals surface area contributed by atoms with E-state index < -0.39 is 47.3 Å². The summed E-state index contributed by atoms with van der Waals surface area (Å²) in [5.41, 5.74) is 3.20. The number of carbonyl (C=O) groups is 3. The Labute approximate surface area is 256 Å². The van der Waals surface area contributed by atoms with Gasteiger partial charge in [-0.1, -0.05) is 24.6 Å². The third kappa shape index (κ3) is 7.72. The average Bonchev–Trinajstić information content (AvgIpc) is 3.12. The monoisotopic (exact) mass is 630 g/mol. The summed E-state index contributed by atoms with van der Waals surface area (Å²) in [6, 6.07) is 9.88. The molecule has 0 saturated carbocycles. The molecule has 0 bridgehead atoms. The number of aromatic hydroxyl groups is 1. The molecule has 1 heterocycles. The predicted molar refractivity (Wildman–Crippen MR) is 156 cm³/mol. The van der Waals surface area contributed by atoms with Crippen LogP contribution in [-0.4, -0.2) is 59.1 Å². The second-order valence-electron chi connectivity index (χ2n) is 9.87. The molecule has 3 aromatic rings. The largest absolute Gasteiger partial charge is 0.507 e. The lowest BCUT2D eigenvalue weighted by molar-refractivity contribution is -0.131. The van der Waals surface area contributed by atoms with Crippen molar-refractivity contribution in [3.8, 4) is 17.2 Å². The van der Waals surface area contributed by atoms with Gasteiger partial charge in [0.2, 0.25) is 5.91 Å². The number of aliphatic imine (C=N–C) groups is 1. The summed E-state index contributed by atoms with van der Waals surface area (Å²) >= 11 is 6.18. The van der Waals surface area contributed by atoms with Crippen LogP contribution in [0.4, 0.5) is 13.6 Å². The van der Waals surface area contributed by atoms with Gasteiger partial charge in [-0.3, -0.25) is 14.7 Å². The molecule has 11 nitrogen and oxygen atoms in total. The van der Waals surface area contributed by atoms with Crippen molar-refractivity contribution in [3.05, 3.63) is 87.9 Å².